The fourth-order valence-corrected chi connectivity index (χ4v) is 3.58. The minimum absolute atomic E-state index is 0.0412. The predicted molar refractivity (Wildman–Crippen MR) is 92.8 cm³/mol. The molecule has 0 bridgehead atoms. The summed E-state index contributed by atoms with van der Waals surface area (Å²) in [5, 5.41) is 0. The van der Waals surface area contributed by atoms with Gasteiger partial charge in [0.25, 0.3) is 0 Å². The summed E-state index contributed by atoms with van der Waals surface area (Å²) >= 11 is 0. The van der Waals surface area contributed by atoms with Crippen LogP contribution >= 0.6 is 0 Å². The zero-order valence-corrected chi connectivity index (χ0v) is 14.7. The van der Waals surface area contributed by atoms with Crippen molar-refractivity contribution in [3.63, 3.8) is 0 Å². The van der Waals surface area contributed by atoms with E-state index in [-0.39, 0.29) is 11.9 Å². The van der Waals surface area contributed by atoms with E-state index in [0.29, 0.717) is 18.3 Å². The third kappa shape index (κ3) is 5.26. The molecule has 1 fully saturated rings. The van der Waals surface area contributed by atoms with Crippen molar-refractivity contribution in [3.05, 3.63) is 24.3 Å². The number of unbranched alkanes of at least 4 members (excludes halogenated alkanes) is 1. The van der Waals surface area contributed by atoms with Crippen molar-refractivity contribution in [2.75, 3.05) is 6.61 Å². The Morgan fingerprint density at radius 3 is 2.43 bits per heavy atom. The topological polar surface area (TPSA) is 35.5 Å². The first-order valence-electron chi connectivity index (χ1n) is 9.08. The summed E-state index contributed by atoms with van der Waals surface area (Å²) in [7, 11) is 0. The van der Waals surface area contributed by atoms with E-state index < -0.39 is 0 Å². The summed E-state index contributed by atoms with van der Waals surface area (Å²) < 4.78 is 11.0. The summed E-state index contributed by atoms with van der Waals surface area (Å²) in [6.45, 7) is 7.02. The minimum atomic E-state index is -0.0735. The summed E-state index contributed by atoms with van der Waals surface area (Å²) in [4.78, 5) is 12.5. The van der Waals surface area contributed by atoms with Crippen molar-refractivity contribution >= 4 is 5.97 Å². The number of rotatable bonds is 7. The maximum Gasteiger partial charge on any atom is 0.314 e. The molecule has 23 heavy (non-hydrogen) atoms. The molecule has 0 radical (unpaired) electrons. The minimum Gasteiger partial charge on any atom is -0.494 e. The molecule has 0 aliphatic heterocycles. The van der Waals surface area contributed by atoms with Crippen LogP contribution in [0.3, 0.4) is 0 Å². The number of esters is 1. The highest BCUT2D eigenvalue weighted by molar-refractivity contribution is 5.75. The van der Waals surface area contributed by atoms with Gasteiger partial charge in [0.15, 0.2) is 0 Å². The molecular weight excluding hydrogens is 288 g/mol. The van der Waals surface area contributed by atoms with Crippen molar-refractivity contribution in [2.24, 2.45) is 17.8 Å². The Labute approximate surface area is 140 Å². The largest absolute Gasteiger partial charge is 0.494 e. The molecule has 0 N–H and O–H groups in total. The highest BCUT2D eigenvalue weighted by atomic mass is 16.5. The maximum absolute atomic E-state index is 12.5. The van der Waals surface area contributed by atoms with Crippen LogP contribution in [-0.2, 0) is 4.79 Å². The lowest BCUT2D eigenvalue weighted by Crippen LogP contribution is -2.32. The second kappa shape index (κ2) is 8.95. The Morgan fingerprint density at radius 2 is 1.83 bits per heavy atom. The van der Waals surface area contributed by atoms with Crippen LogP contribution in [0, 0.1) is 17.8 Å². The molecule has 0 heterocycles. The molecule has 2 rings (SSSR count). The molecule has 0 aromatic heterocycles. The van der Waals surface area contributed by atoms with Crippen LogP contribution in [0.1, 0.15) is 59.3 Å². The normalized spacial score (nSPS) is 24.2. The second-order valence-corrected chi connectivity index (χ2v) is 6.73. The molecule has 3 nitrogen and oxygen atoms in total. The number of hydrogen-bond donors (Lipinski definition) is 0. The molecule has 1 aliphatic carbocycles. The van der Waals surface area contributed by atoms with Crippen molar-refractivity contribution in [1.82, 2.24) is 0 Å². The van der Waals surface area contributed by atoms with E-state index in [1.54, 1.807) is 12.1 Å². The summed E-state index contributed by atoms with van der Waals surface area (Å²) in [6, 6.07) is 7.30. The van der Waals surface area contributed by atoms with Crippen LogP contribution in [0.4, 0.5) is 0 Å². The standard InChI is InChI=1S/C20H30O3/c1-4-6-7-16-8-13-19(15(3)14-16)20(21)23-18-11-9-17(10-12-18)22-5-2/h9-12,15-16,19H,4-8,13-14H2,1-3H3/t15-,16+,19-/m1/s1. The SMILES string of the molecule is CCCC[C@H]1CC[C@@H](C(=O)Oc2ccc(OCC)cc2)[C@H](C)C1. The highest BCUT2D eigenvalue weighted by Crippen LogP contribution is 2.37. The van der Waals surface area contributed by atoms with E-state index in [0.717, 1.165) is 30.9 Å². The number of ether oxygens (including phenoxy) is 2. The van der Waals surface area contributed by atoms with Crippen LogP contribution in [-0.4, -0.2) is 12.6 Å². The van der Waals surface area contributed by atoms with Gasteiger partial charge < -0.3 is 9.47 Å². The number of hydrogen-bond acceptors (Lipinski definition) is 3. The van der Waals surface area contributed by atoms with Crippen LogP contribution in [0.5, 0.6) is 11.5 Å². The summed E-state index contributed by atoms with van der Waals surface area (Å²) in [5.41, 5.74) is 0. The zero-order valence-electron chi connectivity index (χ0n) is 14.7. The first-order chi connectivity index (χ1) is 11.1. The molecule has 3 heteroatoms. The van der Waals surface area contributed by atoms with Gasteiger partial charge in [-0.1, -0.05) is 33.1 Å². The Bertz CT molecular complexity index is 480. The smallest absolute Gasteiger partial charge is 0.314 e. The molecule has 0 spiro atoms. The third-order valence-corrected chi connectivity index (χ3v) is 4.90. The molecule has 1 saturated carbocycles. The van der Waals surface area contributed by atoms with Gasteiger partial charge >= 0.3 is 5.97 Å². The van der Waals surface area contributed by atoms with Gasteiger partial charge in [0.05, 0.1) is 12.5 Å². The monoisotopic (exact) mass is 318 g/mol. The Morgan fingerprint density at radius 1 is 1.13 bits per heavy atom. The maximum atomic E-state index is 12.5. The lowest BCUT2D eigenvalue weighted by Gasteiger charge is -2.32. The van der Waals surface area contributed by atoms with Gasteiger partial charge in [-0.3, -0.25) is 4.79 Å². The van der Waals surface area contributed by atoms with E-state index in [1.807, 2.05) is 19.1 Å². The molecule has 1 aromatic carbocycles. The van der Waals surface area contributed by atoms with Crippen LogP contribution in [0.2, 0.25) is 0 Å². The van der Waals surface area contributed by atoms with Crippen molar-refractivity contribution in [2.45, 2.75) is 59.3 Å². The van der Waals surface area contributed by atoms with Crippen LogP contribution in [0.25, 0.3) is 0 Å². The van der Waals surface area contributed by atoms with Gasteiger partial charge in [-0.15, -0.1) is 0 Å². The highest BCUT2D eigenvalue weighted by Gasteiger charge is 2.33. The van der Waals surface area contributed by atoms with E-state index in [2.05, 4.69) is 13.8 Å². The molecule has 0 saturated heterocycles. The average molecular weight is 318 g/mol. The second-order valence-electron chi connectivity index (χ2n) is 6.73. The number of carbonyl (C=O) groups is 1. The first-order valence-corrected chi connectivity index (χ1v) is 9.08. The molecule has 128 valence electrons. The van der Waals surface area contributed by atoms with E-state index in [4.69, 9.17) is 9.47 Å². The van der Waals surface area contributed by atoms with E-state index in [1.165, 1.54) is 19.3 Å². The zero-order chi connectivity index (χ0) is 16.7. The molecule has 1 aliphatic rings. The van der Waals surface area contributed by atoms with Crippen molar-refractivity contribution < 1.29 is 14.3 Å². The Balaban J connectivity index is 1.85. The molecule has 3 atom stereocenters. The fourth-order valence-electron chi connectivity index (χ4n) is 3.58. The lowest BCUT2D eigenvalue weighted by atomic mass is 9.73. The fraction of sp³-hybridized carbons (Fsp3) is 0.650. The number of carbonyl (C=O) groups excluding carboxylic acids is 1. The van der Waals surface area contributed by atoms with Gasteiger partial charge in [-0.25, -0.2) is 0 Å². The van der Waals surface area contributed by atoms with E-state index in [9.17, 15) is 4.79 Å². The summed E-state index contributed by atoms with van der Waals surface area (Å²) in [5.74, 6) is 2.59. The van der Waals surface area contributed by atoms with Crippen molar-refractivity contribution in [3.8, 4) is 11.5 Å². The Kier molecular flexibility index (Phi) is 6.94. The molecule has 1 aromatic rings. The third-order valence-electron chi connectivity index (χ3n) is 4.90. The Hall–Kier alpha value is -1.51. The van der Waals surface area contributed by atoms with Crippen LogP contribution < -0.4 is 9.47 Å². The first kappa shape index (κ1) is 17.8. The van der Waals surface area contributed by atoms with Gasteiger partial charge in [0, 0.05) is 0 Å². The van der Waals surface area contributed by atoms with Gasteiger partial charge in [0.1, 0.15) is 11.5 Å². The molecular formula is C20H30O3. The number of benzene rings is 1. The van der Waals surface area contributed by atoms with Gasteiger partial charge in [-0.05, 0) is 62.3 Å². The van der Waals surface area contributed by atoms with Gasteiger partial charge in [0.2, 0.25) is 0 Å². The van der Waals surface area contributed by atoms with Gasteiger partial charge in [-0.2, -0.15) is 0 Å². The summed E-state index contributed by atoms with van der Waals surface area (Å²) in [6.07, 6.45) is 7.15. The predicted octanol–water partition coefficient (Wildman–Crippen LogP) is 5.23. The molecule has 0 unspecified atom stereocenters. The lowest BCUT2D eigenvalue weighted by molar-refractivity contribution is -0.142. The average Bonchev–Trinajstić information content (AvgIpc) is 2.55. The van der Waals surface area contributed by atoms with Crippen molar-refractivity contribution in [1.29, 1.82) is 0 Å². The molecule has 0 amide bonds. The van der Waals surface area contributed by atoms with E-state index >= 15 is 0 Å². The van der Waals surface area contributed by atoms with Crippen LogP contribution in [0.15, 0.2) is 24.3 Å². The quantitative estimate of drug-likeness (QED) is 0.510.